The van der Waals surface area contributed by atoms with Gasteiger partial charge in [0.25, 0.3) is 0 Å². The van der Waals surface area contributed by atoms with Gasteiger partial charge in [0.15, 0.2) is 5.96 Å². The summed E-state index contributed by atoms with van der Waals surface area (Å²) in [5.74, 6) is -0.0170. The molecule has 0 bridgehead atoms. The number of hydrogen-bond donors (Lipinski definition) is 3. The van der Waals surface area contributed by atoms with E-state index in [-0.39, 0.29) is 29.7 Å². The zero-order valence-electron chi connectivity index (χ0n) is 16.9. The fourth-order valence-electron chi connectivity index (χ4n) is 2.46. The highest BCUT2D eigenvalue weighted by Crippen LogP contribution is 2.09. The molecule has 0 saturated heterocycles. The first-order valence-corrected chi connectivity index (χ1v) is 10.8. The first-order chi connectivity index (χ1) is 14.2. The molecule has 2 aromatic rings. The van der Waals surface area contributed by atoms with E-state index in [1.54, 1.807) is 44.4 Å². The zero-order chi connectivity index (χ0) is 22.1. The Labute approximate surface area is 176 Å². The van der Waals surface area contributed by atoms with Gasteiger partial charge in [0, 0.05) is 20.6 Å². The second kappa shape index (κ2) is 10.7. The fourth-order valence-corrected chi connectivity index (χ4v) is 2.98. The molecule has 0 saturated carbocycles. The minimum absolute atomic E-state index is 0.0215. The highest BCUT2D eigenvalue weighted by atomic mass is 32.2. The van der Waals surface area contributed by atoms with Crippen LogP contribution in [0, 0.1) is 5.82 Å². The molecule has 10 heteroatoms. The molecule has 8 nitrogen and oxygen atoms in total. The number of rotatable bonds is 8. The first-order valence-electron chi connectivity index (χ1n) is 9.24. The van der Waals surface area contributed by atoms with Gasteiger partial charge in [-0.1, -0.05) is 30.3 Å². The molecule has 0 fully saturated rings. The SMILES string of the molecule is CN(C)C(=O)CNC(=NCc1ccc(S(N)(=O)=O)cc1)NCCc1ccccc1F. The highest BCUT2D eigenvalue weighted by molar-refractivity contribution is 7.89. The zero-order valence-corrected chi connectivity index (χ0v) is 17.7. The third-order valence-electron chi connectivity index (χ3n) is 4.22. The summed E-state index contributed by atoms with van der Waals surface area (Å²) in [6.07, 6.45) is 0.443. The van der Waals surface area contributed by atoms with Gasteiger partial charge in [-0.3, -0.25) is 4.79 Å². The number of amides is 1. The molecule has 2 rings (SSSR count). The number of benzene rings is 2. The summed E-state index contributed by atoms with van der Waals surface area (Å²) in [6, 6.07) is 12.6. The molecule has 0 aliphatic carbocycles. The van der Waals surface area contributed by atoms with Crippen molar-refractivity contribution in [1.29, 1.82) is 0 Å². The Kier molecular flexibility index (Phi) is 8.31. The Bertz CT molecular complexity index is 992. The van der Waals surface area contributed by atoms with Crippen molar-refractivity contribution in [3.05, 3.63) is 65.5 Å². The van der Waals surface area contributed by atoms with Gasteiger partial charge < -0.3 is 15.5 Å². The molecule has 0 aliphatic heterocycles. The van der Waals surface area contributed by atoms with Crippen molar-refractivity contribution in [2.75, 3.05) is 27.2 Å². The van der Waals surface area contributed by atoms with Crippen LogP contribution < -0.4 is 15.8 Å². The van der Waals surface area contributed by atoms with Crippen molar-refractivity contribution in [3.8, 4) is 0 Å². The van der Waals surface area contributed by atoms with Crippen LogP contribution in [0.25, 0.3) is 0 Å². The minimum Gasteiger partial charge on any atom is -0.356 e. The van der Waals surface area contributed by atoms with Gasteiger partial charge in [-0.25, -0.2) is 22.9 Å². The molecule has 1 amide bonds. The van der Waals surface area contributed by atoms with Gasteiger partial charge in [-0.2, -0.15) is 0 Å². The standard InChI is InChI=1S/C20H26FN5O3S/c1-26(2)19(27)14-25-20(23-12-11-16-5-3-4-6-18(16)21)24-13-15-7-9-17(10-8-15)30(22,28)29/h3-10H,11-14H2,1-2H3,(H2,22,28,29)(H2,23,24,25). The van der Waals surface area contributed by atoms with Crippen LogP contribution in [0.5, 0.6) is 0 Å². The molecule has 0 radical (unpaired) electrons. The maximum absolute atomic E-state index is 13.8. The van der Waals surface area contributed by atoms with E-state index in [0.717, 1.165) is 5.56 Å². The van der Waals surface area contributed by atoms with Crippen LogP contribution in [0.4, 0.5) is 4.39 Å². The third-order valence-corrected chi connectivity index (χ3v) is 5.15. The van der Waals surface area contributed by atoms with Crippen molar-refractivity contribution in [2.24, 2.45) is 10.1 Å². The third kappa shape index (κ3) is 7.45. The lowest BCUT2D eigenvalue weighted by molar-refractivity contribution is -0.127. The second-order valence-corrected chi connectivity index (χ2v) is 8.33. The highest BCUT2D eigenvalue weighted by Gasteiger charge is 2.08. The van der Waals surface area contributed by atoms with Crippen LogP contribution in [-0.4, -0.2) is 52.4 Å². The number of halogens is 1. The van der Waals surface area contributed by atoms with Gasteiger partial charge in [0.05, 0.1) is 18.0 Å². The number of likely N-dealkylation sites (N-methyl/N-ethyl adjacent to an activating group) is 1. The van der Waals surface area contributed by atoms with Crippen LogP contribution in [0.2, 0.25) is 0 Å². The predicted octanol–water partition coefficient (Wildman–Crippen LogP) is 0.839. The Hall–Kier alpha value is -2.98. The van der Waals surface area contributed by atoms with E-state index >= 15 is 0 Å². The largest absolute Gasteiger partial charge is 0.356 e. The lowest BCUT2D eigenvalue weighted by atomic mass is 10.1. The number of nitrogens with zero attached hydrogens (tertiary/aromatic N) is 2. The van der Waals surface area contributed by atoms with Crippen LogP contribution in [-0.2, 0) is 27.8 Å². The molecule has 30 heavy (non-hydrogen) atoms. The van der Waals surface area contributed by atoms with E-state index in [0.29, 0.717) is 24.5 Å². The number of carbonyl (C=O) groups excluding carboxylic acids is 1. The Morgan fingerprint density at radius 2 is 1.77 bits per heavy atom. The number of nitrogens with two attached hydrogens (primary N) is 1. The van der Waals surface area contributed by atoms with Crippen LogP contribution in [0.3, 0.4) is 0 Å². The first kappa shape index (κ1) is 23.3. The van der Waals surface area contributed by atoms with Crippen molar-refractivity contribution in [3.63, 3.8) is 0 Å². The van der Waals surface area contributed by atoms with E-state index in [1.165, 1.54) is 23.1 Å². The van der Waals surface area contributed by atoms with Gasteiger partial charge in [0.1, 0.15) is 5.82 Å². The lowest BCUT2D eigenvalue weighted by Crippen LogP contribution is -2.43. The summed E-state index contributed by atoms with van der Waals surface area (Å²) in [5, 5.41) is 11.1. The summed E-state index contributed by atoms with van der Waals surface area (Å²) in [5.41, 5.74) is 1.34. The quantitative estimate of drug-likeness (QED) is 0.420. The summed E-state index contributed by atoms with van der Waals surface area (Å²) >= 11 is 0. The maximum Gasteiger partial charge on any atom is 0.241 e. The Morgan fingerprint density at radius 3 is 2.37 bits per heavy atom. The summed E-state index contributed by atoms with van der Waals surface area (Å²) in [4.78, 5) is 17.8. The Morgan fingerprint density at radius 1 is 1.10 bits per heavy atom. The number of guanidine groups is 1. The van der Waals surface area contributed by atoms with E-state index in [2.05, 4.69) is 15.6 Å². The van der Waals surface area contributed by atoms with E-state index in [9.17, 15) is 17.6 Å². The number of aliphatic imine (C=N–C) groups is 1. The summed E-state index contributed by atoms with van der Waals surface area (Å²) < 4.78 is 36.4. The maximum atomic E-state index is 13.8. The molecular formula is C20H26FN5O3S. The van der Waals surface area contributed by atoms with Gasteiger partial charge >= 0.3 is 0 Å². The van der Waals surface area contributed by atoms with Crippen molar-refractivity contribution in [1.82, 2.24) is 15.5 Å². The number of hydrogen-bond acceptors (Lipinski definition) is 4. The predicted molar refractivity (Wildman–Crippen MR) is 114 cm³/mol. The average molecular weight is 436 g/mol. The molecule has 0 aromatic heterocycles. The monoisotopic (exact) mass is 435 g/mol. The molecule has 2 aromatic carbocycles. The summed E-state index contributed by atoms with van der Waals surface area (Å²) in [6.45, 7) is 0.701. The average Bonchev–Trinajstić information content (AvgIpc) is 2.70. The van der Waals surface area contributed by atoms with E-state index in [4.69, 9.17) is 5.14 Å². The molecule has 162 valence electrons. The number of carbonyl (C=O) groups is 1. The van der Waals surface area contributed by atoms with Crippen LogP contribution in [0.1, 0.15) is 11.1 Å². The van der Waals surface area contributed by atoms with Gasteiger partial charge in [-0.05, 0) is 35.7 Å². The van der Waals surface area contributed by atoms with Gasteiger partial charge in [0.2, 0.25) is 15.9 Å². The molecule has 0 unspecified atom stereocenters. The molecule has 0 heterocycles. The minimum atomic E-state index is -3.75. The number of nitrogens with one attached hydrogen (secondary N) is 2. The van der Waals surface area contributed by atoms with Crippen LogP contribution >= 0.6 is 0 Å². The molecular weight excluding hydrogens is 409 g/mol. The fraction of sp³-hybridized carbons (Fsp3) is 0.300. The van der Waals surface area contributed by atoms with E-state index < -0.39 is 10.0 Å². The number of sulfonamides is 1. The topological polar surface area (TPSA) is 117 Å². The molecule has 0 spiro atoms. The van der Waals surface area contributed by atoms with Crippen LogP contribution in [0.15, 0.2) is 58.4 Å². The molecule has 0 aliphatic rings. The molecule has 4 N–H and O–H groups in total. The normalized spacial score (nSPS) is 11.8. The van der Waals surface area contributed by atoms with Gasteiger partial charge in [-0.15, -0.1) is 0 Å². The van der Waals surface area contributed by atoms with E-state index in [1.807, 2.05) is 0 Å². The Balaban J connectivity index is 2.03. The van der Waals surface area contributed by atoms with Crippen molar-refractivity contribution < 1.29 is 17.6 Å². The molecule has 0 atom stereocenters. The smallest absolute Gasteiger partial charge is 0.241 e. The van der Waals surface area contributed by atoms with Crippen molar-refractivity contribution >= 4 is 21.9 Å². The number of primary sulfonamides is 1. The van der Waals surface area contributed by atoms with Crippen molar-refractivity contribution in [2.45, 2.75) is 17.9 Å². The lowest BCUT2D eigenvalue weighted by Gasteiger charge is -2.15. The summed E-state index contributed by atoms with van der Waals surface area (Å²) in [7, 11) is -0.448. The second-order valence-electron chi connectivity index (χ2n) is 6.76.